The van der Waals surface area contributed by atoms with E-state index in [1.54, 1.807) is 6.07 Å². The summed E-state index contributed by atoms with van der Waals surface area (Å²) in [6.07, 6.45) is 8.83. The summed E-state index contributed by atoms with van der Waals surface area (Å²) < 4.78 is 0. The van der Waals surface area contributed by atoms with Crippen LogP contribution < -0.4 is 5.32 Å². The molecule has 1 aliphatic heterocycles. The highest BCUT2D eigenvalue weighted by Crippen LogP contribution is 2.40. The summed E-state index contributed by atoms with van der Waals surface area (Å²) in [5.41, 5.74) is 1.26. The van der Waals surface area contributed by atoms with Crippen LogP contribution in [0.2, 0.25) is 0 Å². The minimum atomic E-state index is -0.844. The number of aliphatic carboxylic acids is 1. The van der Waals surface area contributed by atoms with Crippen LogP contribution in [0, 0.1) is 11.8 Å². The zero-order valence-corrected chi connectivity index (χ0v) is 20.4. The molecule has 1 aliphatic carbocycles. The van der Waals surface area contributed by atoms with Gasteiger partial charge in [-0.25, -0.2) is 0 Å². The number of hydrogen-bond donors (Lipinski definition) is 3. The van der Waals surface area contributed by atoms with Gasteiger partial charge in [0.15, 0.2) is 0 Å². The summed E-state index contributed by atoms with van der Waals surface area (Å²) >= 11 is 0. The average Bonchev–Trinajstić information content (AvgIpc) is 2.79. The second kappa shape index (κ2) is 11.9. The van der Waals surface area contributed by atoms with E-state index >= 15 is 0 Å². The topological polar surface area (TPSA) is 89.9 Å². The Balaban J connectivity index is 1.55. The predicted molar refractivity (Wildman–Crippen MR) is 130 cm³/mol. The van der Waals surface area contributed by atoms with Crippen LogP contribution in [-0.2, 0) is 15.0 Å². The van der Waals surface area contributed by atoms with Crippen LogP contribution in [0.25, 0.3) is 0 Å². The Hall–Kier alpha value is -2.08. The van der Waals surface area contributed by atoms with Gasteiger partial charge >= 0.3 is 5.97 Å². The molecular weight excluding hydrogens is 416 g/mol. The number of carbonyl (C=O) groups is 2. The van der Waals surface area contributed by atoms with Crippen LogP contribution in [0.5, 0.6) is 5.75 Å². The van der Waals surface area contributed by atoms with Gasteiger partial charge in [-0.15, -0.1) is 0 Å². The summed E-state index contributed by atoms with van der Waals surface area (Å²) in [6, 6.07) is 7.88. The third-order valence-corrected chi connectivity index (χ3v) is 8.19. The molecule has 6 nitrogen and oxygen atoms in total. The van der Waals surface area contributed by atoms with Gasteiger partial charge in [-0.1, -0.05) is 45.2 Å². The number of carboxylic acids is 1. The van der Waals surface area contributed by atoms with Gasteiger partial charge in [-0.05, 0) is 73.6 Å². The second-order valence-corrected chi connectivity index (χ2v) is 10.5. The molecule has 3 rings (SSSR count). The Morgan fingerprint density at radius 2 is 1.97 bits per heavy atom. The molecule has 3 N–H and O–H groups in total. The van der Waals surface area contributed by atoms with Crippen molar-refractivity contribution in [3.63, 3.8) is 0 Å². The summed E-state index contributed by atoms with van der Waals surface area (Å²) in [5, 5.41) is 22.1. The molecule has 3 atom stereocenters. The highest BCUT2D eigenvalue weighted by molar-refractivity contribution is 5.77. The lowest BCUT2D eigenvalue weighted by Gasteiger charge is -2.45. The van der Waals surface area contributed by atoms with Gasteiger partial charge in [0.05, 0.1) is 0 Å². The summed E-state index contributed by atoms with van der Waals surface area (Å²) in [5.74, 6) is 0.477. The van der Waals surface area contributed by atoms with Crippen molar-refractivity contribution in [2.24, 2.45) is 11.8 Å². The molecule has 33 heavy (non-hydrogen) atoms. The molecule has 1 heterocycles. The summed E-state index contributed by atoms with van der Waals surface area (Å²) in [4.78, 5) is 25.8. The van der Waals surface area contributed by atoms with Gasteiger partial charge in [-0.3, -0.25) is 9.59 Å². The van der Waals surface area contributed by atoms with E-state index in [9.17, 15) is 14.7 Å². The molecule has 1 saturated carbocycles. The zero-order chi connectivity index (χ0) is 23.8. The Kier molecular flexibility index (Phi) is 9.19. The smallest absolute Gasteiger partial charge is 0.303 e. The van der Waals surface area contributed by atoms with Crippen molar-refractivity contribution in [3.8, 4) is 5.75 Å². The molecule has 6 heteroatoms. The number of hydrogen-bond acceptors (Lipinski definition) is 4. The molecule has 2 fully saturated rings. The van der Waals surface area contributed by atoms with Crippen molar-refractivity contribution in [3.05, 3.63) is 29.8 Å². The molecule has 1 aromatic carbocycles. The van der Waals surface area contributed by atoms with Crippen LogP contribution in [0.15, 0.2) is 24.3 Å². The maximum Gasteiger partial charge on any atom is 0.303 e. The van der Waals surface area contributed by atoms with Crippen LogP contribution in [0.4, 0.5) is 0 Å². The number of piperidine rings is 1. The number of carbonyl (C=O) groups excluding carboxylic acids is 1. The quantitative estimate of drug-likeness (QED) is 0.473. The standard InChI is InChI=1S/C27H42N2O4/c1-20-19-29(17-15-27(20,2)22-10-6-11-23(30)18-22)16-14-24(21-8-4-3-5-9-21)28-25(31)12-7-13-26(32)33/h6,10-11,18,20-21,24,30H,3-5,7-9,12-17,19H2,1-2H3,(H,28,31)(H,32,33). The van der Waals surface area contributed by atoms with Crippen LogP contribution in [0.1, 0.15) is 83.6 Å². The number of aromatic hydroxyl groups is 1. The number of rotatable bonds is 10. The van der Waals surface area contributed by atoms with Crippen molar-refractivity contribution in [2.75, 3.05) is 19.6 Å². The van der Waals surface area contributed by atoms with E-state index in [1.807, 2.05) is 12.1 Å². The Morgan fingerprint density at radius 3 is 2.64 bits per heavy atom. The van der Waals surface area contributed by atoms with E-state index in [0.717, 1.165) is 32.5 Å². The van der Waals surface area contributed by atoms with Gasteiger partial charge in [0.1, 0.15) is 5.75 Å². The van der Waals surface area contributed by atoms with Gasteiger partial charge in [0.25, 0.3) is 0 Å². The van der Waals surface area contributed by atoms with Crippen molar-refractivity contribution in [1.82, 2.24) is 10.2 Å². The number of likely N-dealkylation sites (tertiary alicyclic amines) is 1. The zero-order valence-electron chi connectivity index (χ0n) is 20.4. The van der Waals surface area contributed by atoms with E-state index in [4.69, 9.17) is 5.11 Å². The highest BCUT2D eigenvalue weighted by atomic mass is 16.4. The molecule has 0 radical (unpaired) electrons. The first-order valence-electron chi connectivity index (χ1n) is 12.8. The van der Waals surface area contributed by atoms with Crippen molar-refractivity contribution in [2.45, 2.75) is 89.5 Å². The number of phenols is 1. The molecular formula is C27H42N2O4. The lowest BCUT2D eigenvalue weighted by molar-refractivity contribution is -0.137. The molecule has 0 bridgehead atoms. The van der Waals surface area contributed by atoms with Crippen LogP contribution in [0.3, 0.4) is 0 Å². The third kappa shape index (κ3) is 7.20. The van der Waals surface area contributed by atoms with E-state index in [2.05, 4.69) is 30.1 Å². The second-order valence-electron chi connectivity index (χ2n) is 10.5. The first kappa shape index (κ1) is 25.5. The number of amides is 1. The van der Waals surface area contributed by atoms with Gasteiger partial charge < -0.3 is 20.4 Å². The fraction of sp³-hybridized carbons (Fsp3) is 0.704. The fourth-order valence-electron chi connectivity index (χ4n) is 5.77. The molecule has 184 valence electrons. The van der Waals surface area contributed by atoms with Gasteiger partial charge in [-0.2, -0.15) is 0 Å². The van der Waals surface area contributed by atoms with E-state index < -0.39 is 5.97 Å². The summed E-state index contributed by atoms with van der Waals surface area (Å²) in [6.45, 7) is 7.61. The lowest BCUT2D eigenvalue weighted by atomic mass is 9.68. The molecule has 3 unspecified atom stereocenters. The number of phenolic OH excluding ortho intramolecular Hbond substituents is 1. The Morgan fingerprint density at radius 1 is 1.21 bits per heavy atom. The number of nitrogens with one attached hydrogen (secondary N) is 1. The maximum atomic E-state index is 12.5. The monoisotopic (exact) mass is 458 g/mol. The average molecular weight is 459 g/mol. The maximum absolute atomic E-state index is 12.5. The summed E-state index contributed by atoms with van der Waals surface area (Å²) in [7, 11) is 0. The highest BCUT2D eigenvalue weighted by Gasteiger charge is 2.38. The van der Waals surface area contributed by atoms with E-state index in [1.165, 1.54) is 37.7 Å². The van der Waals surface area contributed by atoms with Crippen LogP contribution >= 0.6 is 0 Å². The number of nitrogens with zero attached hydrogens (tertiary/aromatic N) is 1. The Labute approximate surface area is 198 Å². The van der Waals surface area contributed by atoms with Crippen molar-refractivity contribution < 1.29 is 19.8 Å². The Bertz CT molecular complexity index is 792. The van der Waals surface area contributed by atoms with E-state index in [-0.39, 0.29) is 23.8 Å². The van der Waals surface area contributed by atoms with Crippen molar-refractivity contribution in [1.29, 1.82) is 0 Å². The van der Waals surface area contributed by atoms with E-state index in [0.29, 0.717) is 30.4 Å². The van der Waals surface area contributed by atoms with Gasteiger partial charge in [0, 0.05) is 32.0 Å². The molecule has 2 aliphatic rings. The fourth-order valence-corrected chi connectivity index (χ4v) is 5.77. The van der Waals surface area contributed by atoms with Crippen LogP contribution in [-0.4, -0.2) is 52.7 Å². The molecule has 0 aromatic heterocycles. The van der Waals surface area contributed by atoms with Crippen molar-refractivity contribution >= 4 is 11.9 Å². The SMILES string of the molecule is CC1CN(CCC(NC(=O)CCCC(=O)O)C2CCCCC2)CCC1(C)c1cccc(O)c1. The molecule has 0 spiro atoms. The minimum absolute atomic E-state index is 0.00436. The van der Waals surface area contributed by atoms with Gasteiger partial charge in [0.2, 0.25) is 5.91 Å². The first-order valence-corrected chi connectivity index (χ1v) is 12.8. The lowest BCUT2D eigenvalue weighted by Crippen LogP contribution is -2.49. The predicted octanol–water partition coefficient (Wildman–Crippen LogP) is 4.70. The third-order valence-electron chi connectivity index (χ3n) is 8.19. The first-order chi connectivity index (χ1) is 15.8. The minimum Gasteiger partial charge on any atom is -0.508 e. The molecule has 1 amide bonds. The largest absolute Gasteiger partial charge is 0.508 e. The number of benzene rings is 1. The molecule has 1 aromatic rings. The normalized spacial score (nSPS) is 25.5. The number of carboxylic acid groups (broad SMARTS) is 1. The molecule has 1 saturated heterocycles.